The average Bonchev–Trinajstić information content (AvgIpc) is 2.44. The molecule has 0 aliphatic carbocycles. The van der Waals surface area contributed by atoms with E-state index < -0.39 is 0 Å². The molecule has 4 nitrogen and oxygen atoms in total. The van der Waals surface area contributed by atoms with E-state index in [2.05, 4.69) is 57.0 Å². The lowest BCUT2D eigenvalue weighted by Gasteiger charge is -2.32. The Hall–Kier alpha value is -1.13. The minimum absolute atomic E-state index is 0.128. The van der Waals surface area contributed by atoms with E-state index in [0.717, 1.165) is 44.2 Å². The smallest absolute Gasteiger partial charge is 0.129 e. The third-order valence-corrected chi connectivity index (χ3v) is 3.67. The summed E-state index contributed by atoms with van der Waals surface area (Å²) in [6, 6.07) is 4.43. The van der Waals surface area contributed by atoms with E-state index in [1.165, 1.54) is 5.56 Å². The maximum atomic E-state index is 5.63. The summed E-state index contributed by atoms with van der Waals surface area (Å²) in [5, 5.41) is 3.56. The van der Waals surface area contributed by atoms with Crippen molar-refractivity contribution in [3.63, 3.8) is 0 Å². The molecule has 1 aliphatic heterocycles. The van der Waals surface area contributed by atoms with Gasteiger partial charge >= 0.3 is 0 Å². The Labute approximate surface area is 128 Å². The number of rotatable bonds is 4. The molecule has 0 saturated carbocycles. The number of hydrogen-bond acceptors (Lipinski definition) is 4. The maximum Gasteiger partial charge on any atom is 0.129 e. The highest BCUT2D eigenvalue weighted by molar-refractivity contribution is 5.43. The molecule has 0 amide bonds. The Morgan fingerprint density at radius 3 is 2.76 bits per heavy atom. The number of morpholine rings is 1. The van der Waals surface area contributed by atoms with Crippen LogP contribution in [0.2, 0.25) is 0 Å². The van der Waals surface area contributed by atoms with Crippen LogP contribution < -0.4 is 10.2 Å². The van der Waals surface area contributed by atoms with E-state index in [9.17, 15) is 0 Å². The number of nitrogens with one attached hydrogen (secondary N) is 1. The number of aryl methyl sites for hydroxylation is 1. The van der Waals surface area contributed by atoms with Gasteiger partial charge in [-0.05, 0) is 51.8 Å². The van der Waals surface area contributed by atoms with Gasteiger partial charge in [-0.15, -0.1) is 0 Å². The molecule has 1 fully saturated rings. The molecule has 0 radical (unpaired) electrons. The molecule has 0 spiro atoms. The molecule has 2 rings (SSSR count). The minimum atomic E-state index is 0.128. The zero-order valence-corrected chi connectivity index (χ0v) is 14.1. The molecule has 21 heavy (non-hydrogen) atoms. The molecule has 1 N–H and O–H groups in total. The first-order valence-corrected chi connectivity index (χ1v) is 7.99. The van der Waals surface area contributed by atoms with Crippen molar-refractivity contribution in [3.8, 4) is 0 Å². The highest BCUT2D eigenvalue weighted by atomic mass is 16.5. The normalized spacial score (nSPS) is 19.9. The van der Waals surface area contributed by atoms with Gasteiger partial charge in [-0.3, -0.25) is 0 Å². The molecule has 1 aromatic rings. The molecule has 4 heteroatoms. The lowest BCUT2D eigenvalue weighted by atomic mass is 10.1. The van der Waals surface area contributed by atoms with Crippen LogP contribution in [0.4, 0.5) is 5.82 Å². The van der Waals surface area contributed by atoms with Crippen LogP contribution in [0, 0.1) is 0 Å². The van der Waals surface area contributed by atoms with Crippen molar-refractivity contribution in [2.75, 3.05) is 24.6 Å². The van der Waals surface area contributed by atoms with Gasteiger partial charge in [0, 0.05) is 30.9 Å². The summed E-state index contributed by atoms with van der Waals surface area (Å²) in [5.41, 5.74) is 2.60. The van der Waals surface area contributed by atoms with Crippen molar-refractivity contribution in [1.82, 2.24) is 10.3 Å². The molecular formula is C17H29N3O. The molecule has 1 unspecified atom stereocenters. The number of nitrogens with zero attached hydrogens (tertiary/aromatic N) is 2. The molecule has 0 bridgehead atoms. The lowest BCUT2D eigenvalue weighted by molar-refractivity contribution is 0.0529. The number of hydrogen-bond donors (Lipinski definition) is 1. The average molecular weight is 291 g/mol. The highest BCUT2D eigenvalue weighted by Crippen LogP contribution is 2.19. The van der Waals surface area contributed by atoms with Gasteiger partial charge in [-0.2, -0.15) is 0 Å². The fourth-order valence-corrected chi connectivity index (χ4v) is 2.47. The zero-order chi connectivity index (χ0) is 15.5. The van der Waals surface area contributed by atoms with E-state index in [0.29, 0.717) is 0 Å². The van der Waals surface area contributed by atoms with Crippen LogP contribution in [0.1, 0.15) is 45.9 Å². The number of aromatic nitrogens is 1. The maximum absolute atomic E-state index is 5.63. The van der Waals surface area contributed by atoms with E-state index in [1.807, 2.05) is 0 Å². The summed E-state index contributed by atoms with van der Waals surface area (Å²) in [6.07, 6.45) is 1.25. The molecule has 0 aromatic carbocycles. The number of ether oxygens (including phenoxy) is 1. The zero-order valence-electron chi connectivity index (χ0n) is 14.1. The van der Waals surface area contributed by atoms with Crippen LogP contribution in [0.5, 0.6) is 0 Å². The predicted octanol–water partition coefficient (Wildman–Crippen LogP) is 2.76. The van der Waals surface area contributed by atoms with Gasteiger partial charge in [0.05, 0.1) is 12.7 Å². The second-order valence-corrected chi connectivity index (χ2v) is 6.91. The van der Waals surface area contributed by atoms with Crippen molar-refractivity contribution in [1.29, 1.82) is 0 Å². The molecule has 1 saturated heterocycles. The van der Waals surface area contributed by atoms with Crippen LogP contribution in [0.25, 0.3) is 0 Å². The first-order valence-electron chi connectivity index (χ1n) is 7.99. The van der Waals surface area contributed by atoms with E-state index >= 15 is 0 Å². The first-order chi connectivity index (χ1) is 9.87. The minimum Gasteiger partial charge on any atom is -0.375 e. The third kappa shape index (κ3) is 4.97. The standard InChI is InChI=1S/C17H29N3O/c1-6-15-9-14(11-18-17(3,4)5)10-16(19-15)20-7-8-21-13(2)12-20/h9-10,13,18H,6-8,11-12H2,1-5H3. The summed E-state index contributed by atoms with van der Waals surface area (Å²) < 4.78 is 5.63. The summed E-state index contributed by atoms with van der Waals surface area (Å²) in [6.45, 7) is 14.4. The third-order valence-electron chi connectivity index (χ3n) is 3.67. The van der Waals surface area contributed by atoms with Crippen molar-refractivity contribution < 1.29 is 4.74 Å². The number of anilines is 1. The van der Waals surface area contributed by atoms with E-state index in [4.69, 9.17) is 9.72 Å². The first kappa shape index (κ1) is 16.2. The van der Waals surface area contributed by atoms with Gasteiger partial charge in [0.15, 0.2) is 0 Å². The quantitative estimate of drug-likeness (QED) is 0.925. The van der Waals surface area contributed by atoms with Gasteiger partial charge in [0.2, 0.25) is 0 Å². The number of pyridine rings is 1. The highest BCUT2D eigenvalue weighted by Gasteiger charge is 2.19. The van der Waals surface area contributed by atoms with Gasteiger partial charge in [0.25, 0.3) is 0 Å². The Morgan fingerprint density at radius 1 is 1.38 bits per heavy atom. The predicted molar refractivity (Wildman–Crippen MR) is 87.8 cm³/mol. The molecule has 1 aromatic heterocycles. The van der Waals surface area contributed by atoms with Gasteiger partial charge in [-0.25, -0.2) is 4.98 Å². The van der Waals surface area contributed by atoms with E-state index in [1.54, 1.807) is 0 Å². The van der Waals surface area contributed by atoms with Crippen LogP contribution in [0.3, 0.4) is 0 Å². The van der Waals surface area contributed by atoms with Crippen molar-refractivity contribution >= 4 is 5.82 Å². The Kier molecular flexibility index (Phi) is 5.22. The molecule has 2 heterocycles. The fourth-order valence-electron chi connectivity index (χ4n) is 2.47. The van der Waals surface area contributed by atoms with Crippen LogP contribution in [-0.2, 0) is 17.7 Å². The summed E-state index contributed by atoms with van der Waals surface area (Å²) in [4.78, 5) is 7.14. The molecule has 1 aliphatic rings. The van der Waals surface area contributed by atoms with Crippen LogP contribution >= 0.6 is 0 Å². The van der Waals surface area contributed by atoms with Crippen LogP contribution in [-0.4, -0.2) is 36.3 Å². The topological polar surface area (TPSA) is 37.4 Å². The summed E-state index contributed by atoms with van der Waals surface area (Å²) in [5.74, 6) is 1.09. The molecule has 118 valence electrons. The van der Waals surface area contributed by atoms with Crippen molar-refractivity contribution in [2.45, 2.75) is 59.2 Å². The summed E-state index contributed by atoms with van der Waals surface area (Å²) in [7, 11) is 0. The monoisotopic (exact) mass is 291 g/mol. The second-order valence-electron chi connectivity index (χ2n) is 6.91. The van der Waals surface area contributed by atoms with Crippen LogP contribution in [0.15, 0.2) is 12.1 Å². The largest absolute Gasteiger partial charge is 0.375 e. The lowest BCUT2D eigenvalue weighted by Crippen LogP contribution is -2.41. The van der Waals surface area contributed by atoms with Crippen molar-refractivity contribution in [2.24, 2.45) is 0 Å². The Balaban J connectivity index is 2.16. The van der Waals surface area contributed by atoms with E-state index in [-0.39, 0.29) is 11.6 Å². The Morgan fingerprint density at radius 2 is 2.14 bits per heavy atom. The molecule has 1 atom stereocenters. The summed E-state index contributed by atoms with van der Waals surface area (Å²) >= 11 is 0. The van der Waals surface area contributed by atoms with Crippen molar-refractivity contribution in [3.05, 3.63) is 23.4 Å². The second kappa shape index (κ2) is 6.75. The fraction of sp³-hybridized carbons (Fsp3) is 0.706. The Bertz CT molecular complexity index is 468. The molecular weight excluding hydrogens is 262 g/mol. The SMILES string of the molecule is CCc1cc(CNC(C)(C)C)cc(N2CCOC(C)C2)n1. The van der Waals surface area contributed by atoms with Gasteiger partial charge in [0.1, 0.15) is 5.82 Å². The van der Waals surface area contributed by atoms with Gasteiger partial charge in [-0.1, -0.05) is 6.92 Å². The van der Waals surface area contributed by atoms with Gasteiger partial charge < -0.3 is 15.0 Å².